The number of hydrogen-bond donors (Lipinski definition) is 2. The van der Waals surface area contributed by atoms with Crippen molar-refractivity contribution in [3.8, 4) is 0 Å². The Morgan fingerprint density at radius 1 is 1.17 bits per heavy atom. The highest BCUT2D eigenvalue weighted by molar-refractivity contribution is 5.22. The molecule has 100 valence electrons. The van der Waals surface area contributed by atoms with Crippen LogP contribution in [0.5, 0.6) is 0 Å². The van der Waals surface area contributed by atoms with Crippen LogP contribution in [-0.4, -0.2) is 52.3 Å². The molecule has 2 N–H and O–H groups in total. The number of aromatic nitrogens is 2. The molecule has 1 aliphatic heterocycles. The average molecular weight is 250 g/mol. The van der Waals surface area contributed by atoms with E-state index in [4.69, 9.17) is 0 Å². The number of likely N-dealkylation sites (tertiary alicyclic amines) is 1. The number of anilines is 1. The van der Waals surface area contributed by atoms with Gasteiger partial charge in [-0.15, -0.1) is 0 Å². The van der Waals surface area contributed by atoms with Crippen LogP contribution in [0.1, 0.15) is 25.7 Å². The predicted molar refractivity (Wildman–Crippen MR) is 71.4 cm³/mol. The quantitative estimate of drug-likeness (QED) is 0.820. The summed E-state index contributed by atoms with van der Waals surface area (Å²) in [5, 5.41) is 13.0. The number of nitrogens with zero attached hydrogens (tertiary/aromatic N) is 3. The zero-order valence-electron chi connectivity index (χ0n) is 10.8. The van der Waals surface area contributed by atoms with E-state index in [0.29, 0.717) is 12.5 Å². The normalized spacial score (nSPS) is 19.2. The van der Waals surface area contributed by atoms with Gasteiger partial charge in [-0.1, -0.05) is 12.8 Å². The van der Waals surface area contributed by atoms with Crippen molar-refractivity contribution in [1.29, 1.82) is 0 Å². The fourth-order valence-electron chi connectivity index (χ4n) is 2.28. The van der Waals surface area contributed by atoms with Crippen LogP contribution in [0.2, 0.25) is 0 Å². The minimum absolute atomic E-state index is 0.369. The third kappa shape index (κ3) is 4.58. The second kappa shape index (κ2) is 7.28. The number of hydrogen-bond acceptors (Lipinski definition) is 5. The van der Waals surface area contributed by atoms with E-state index in [0.717, 1.165) is 19.6 Å². The van der Waals surface area contributed by atoms with Gasteiger partial charge in [0.05, 0.1) is 6.10 Å². The highest BCUT2D eigenvalue weighted by atomic mass is 16.3. The lowest BCUT2D eigenvalue weighted by atomic mass is 10.2. The van der Waals surface area contributed by atoms with E-state index in [-0.39, 0.29) is 6.10 Å². The van der Waals surface area contributed by atoms with Crippen LogP contribution >= 0.6 is 0 Å². The molecule has 5 heteroatoms. The zero-order chi connectivity index (χ0) is 12.6. The number of nitrogens with one attached hydrogen (secondary N) is 1. The van der Waals surface area contributed by atoms with Gasteiger partial charge in [-0.25, -0.2) is 9.97 Å². The second-order valence-corrected chi connectivity index (χ2v) is 4.82. The molecule has 1 saturated heterocycles. The molecule has 2 heterocycles. The van der Waals surface area contributed by atoms with Gasteiger partial charge in [0.25, 0.3) is 0 Å². The summed E-state index contributed by atoms with van der Waals surface area (Å²) in [4.78, 5) is 10.5. The molecule has 1 fully saturated rings. The maximum absolute atomic E-state index is 9.99. The summed E-state index contributed by atoms with van der Waals surface area (Å²) >= 11 is 0. The van der Waals surface area contributed by atoms with Crippen molar-refractivity contribution in [1.82, 2.24) is 14.9 Å². The maximum Gasteiger partial charge on any atom is 0.222 e. The smallest absolute Gasteiger partial charge is 0.222 e. The summed E-state index contributed by atoms with van der Waals surface area (Å²) in [7, 11) is 0. The molecular weight excluding hydrogens is 228 g/mol. The van der Waals surface area contributed by atoms with Gasteiger partial charge >= 0.3 is 0 Å². The standard InChI is InChI=1S/C13H22N4O/c18-12(10-16-13-14-6-5-7-15-13)11-17-8-3-1-2-4-9-17/h5-7,12,18H,1-4,8-11H2,(H,14,15,16)/t12-/m0/s1. The Hall–Kier alpha value is -1.20. The van der Waals surface area contributed by atoms with E-state index < -0.39 is 0 Å². The lowest BCUT2D eigenvalue weighted by molar-refractivity contribution is 0.124. The van der Waals surface area contributed by atoms with Crippen LogP contribution in [0.25, 0.3) is 0 Å². The first-order valence-corrected chi connectivity index (χ1v) is 6.76. The van der Waals surface area contributed by atoms with Crippen molar-refractivity contribution in [2.45, 2.75) is 31.8 Å². The van der Waals surface area contributed by atoms with E-state index in [1.54, 1.807) is 18.5 Å². The molecule has 0 spiro atoms. The molecule has 1 aromatic rings. The summed E-state index contributed by atoms with van der Waals surface area (Å²) in [6, 6.07) is 1.78. The Morgan fingerprint density at radius 3 is 2.50 bits per heavy atom. The number of aliphatic hydroxyl groups excluding tert-OH is 1. The number of aliphatic hydroxyl groups is 1. The van der Waals surface area contributed by atoms with Gasteiger partial charge in [0, 0.05) is 25.5 Å². The highest BCUT2D eigenvalue weighted by Gasteiger charge is 2.13. The van der Waals surface area contributed by atoms with Crippen molar-refractivity contribution in [2.75, 3.05) is 31.5 Å². The van der Waals surface area contributed by atoms with Crippen molar-refractivity contribution < 1.29 is 5.11 Å². The number of rotatable bonds is 5. The van der Waals surface area contributed by atoms with Gasteiger partial charge in [0.15, 0.2) is 0 Å². The fourth-order valence-corrected chi connectivity index (χ4v) is 2.28. The third-order valence-electron chi connectivity index (χ3n) is 3.23. The van der Waals surface area contributed by atoms with Gasteiger partial charge in [-0.2, -0.15) is 0 Å². The van der Waals surface area contributed by atoms with Crippen molar-refractivity contribution in [2.24, 2.45) is 0 Å². The van der Waals surface area contributed by atoms with E-state index >= 15 is 0 Å². The van der Waals surface area contributed by atoms with E-state index in [1.807, 2.05) is 0 Å². The van der Waals surface area contributed by atoms with E-state index in [2.05, 4.69) is 20.2 Å². The monoisotopic (exact) mass is 250 g/mol. The molecule has 0 saturated carbocycles. The number of β-amino-alcohol motifs (C(OH)–C–C–N with tert-alkyl or cyclic N) is 1. The topological polar surface area (TPSA) is 61.3 Å². The molecule has 2 rings (SSSR count). The maximum atomic E-state index is 9.99. The predicted octanol–water partition coefficient (Wildman–Crippen LogP) is 1.13. The molecule has 1 aromatic heterocycles. The molecule has 18 heavy (non-hydrogen) atoms. The van der Waals surface area contributed by atoms with Crippen LogP contribution in [0.4, 0.5) is 5.95 Å². The minimum atomic E-state index is -0.369. The van der Waals surface area contributed by atoms with Gasteiger partial charge in [-0.05, 0) is 32.0 Å². The van der Waals surface area contributed by atoms with Gasteiger partial charge in [0.2, 0.25) is 5.95 Å². The van der Waals surface area contributed by atoms with Crippen molar-refractivity contribution >= 4 is 5.95 Å². The summed E-state index contributed by atoms with van der Waals surface area (Å²) in [6.07, 6.45) is 8.16. The van der Waals surface area contributed by atoms with Crippen LogP contribution in [-0.2, 0) is 0 Å². The van der Waals surface area contributed by atoms with Crippen molar-refractivity contribution in [3.05, 3.63) is 18.5 Å². The SMILES string of the molecule is O[C@@H](CNc1ncccn1)CN1CCCCCC1. The zero-order valence-corrected chi connectivity index (χ0v) is 10.8. The molecule has 0 amide bonds. The van der Waals surface area contributed by atoms with Gasteiger partial charge < -0.3 is 15.3 Å². The van der Waals surface area contributed by atoms with Crippen LogP contribution < -0.4 is 5.32 Å². The van der Waals surface area contributed by atoms with Crippen LogP contribution in [0.15, 0.2) is 18.5 Å². The summed E-state index contributed by atoms with van der Waals surface area (Å²) in [6.45, 7) is 3.46. The van der Waals surface area contributed by atoms with Crippen LogP contribution in [0.3, 0.4) is 0 Å². The summed E-state index contributed by atoms with van der Waals surface area (Å²) in [5.74, 6) is 0.576. The van der Waals surface area contributed by atoms with Gasteiger partial charge in [-0.3, -0.25) is 0 Å². The Balaban J connectivity index is 1.69. The largest absolute Gasteiger partial charge is 0.390 e. The molecule has 0 bridgehead atoms. The molecule has 0 aliphatic carbocycles. The average Bonchev–Trinajstić information content (AvgIpc) is 2.66. The van der Waals surface area contributed by atoms with Gasteiger partial charge in [0.1, 0.15) is 0 Å². The Morgan fingerprint density at radius 2 is 1.83 bits per heavy atom. The first-order chi connectivity index (χ1) is 8.84. The molecule has 0 radical (unpaired) electrons. The van der Waals surface area contributed by atoms with Crippen LogP contribution in [0, 0.1) is 0 Å². The van der Waals surface area contributed by atoms with E-state index in [1.165, 1.54) is 25.7 Å². The molecule has 1 atom stereocenters. The molecule has 0 aromatic carbocycles. The fraction of sp³-hybridized carbons (Fsp3) is 0.692. The Labute approximate surface area is 108 Å². The summed E-state index contributed by atoms with van der Waals surface area (Å²) in [5.41, 5.74) is 0. The third-order valence-corrected chi connectivity index (χ3v) is 3.23. The lowest BCUT2D eigenvalue weighted by Crippen LogP contribution is -2.36. The molecule has 0 unspecified atom stereocenters. The highest BCUT2D eigenvalue weighted by Crippen LogP contribution is 2.09. The van der Waals surface area contributed by atoms with Crippen molar-refractivity contribution in [3.63, 3.8) is 0 Å². The minimum Gasteiger partial charge on any atom is -0.390 e. The second-order valence-electron chi connectivity index (χ2n) is 4.82. The van der Waals surface area contributed by atoms with E-state index in [9.17, 15) is 5.11 Å². The first-order valence-electron chi connectivity index (χ1n) is 6.76. The lowest BCUT2D eigenvalue weighted by Gasteiger charge is -2.23. The summed E-state index contributed by atoms with van der Waals surface area (Å²) < 4.78 is 0. The molecular formula is C13H22N4O. The Bertz CT molecular complexity index is 325. The molecule has 5 nitrogen and oxygen atoms in total. The Kier molecular flexibility index (Phi) is 5.36. The first kappa shape index (κ1) is 13.2. The molecule has 1 aliphatic rings.